The van der Waals surface area contributed by atoms with Gasteiger partial charge in [0.05, 0.1) is 11.2 Å². The Morgan fingerprint density at radius 2 is 1.62 bits per heavy atom. The maximum absolute atomic E-state index is 4.68. The van der Waals surface area contributed by atoms with Crippen molar-refractivity contribution in [2.45, 2.75) is 0 Å². The summed E-state index contributed by atoms with van der Waals surface area (Å²) in [7, 11) is 0. The average molecular weight is 389 g/mol. The molecule has 0 unspecified atom stereocenters. The SMILES string of the molecule is c1cncc(-c2ccc3c(-c4cccc5c4sc4ccccc45)ncnc3c2)c1. The smallest absolute Gasteiger partial charge is 0.116 e. The summed E-state index contributed by atoms with van der Waals surface area (Å²) in [5.74, 6) is 0. The average Bonchev–Trinajstić information content (AvgIpc) is 3.18. The van der Waals surface area contributed by atoms with Crippen molar-refractivity contribution in [3.63, 3.8) is 0 Å². The molecule has 4 heteroatoms. The Bertz CT molecular complexity index is 1500. The van der Waals surface area contributed by atoms with Crippen LogP contribution in [-0.4, -0.2) is 15.0 Å². The topological polar surface area (TPSA) is 38.7 Å². The summed E-state index contributed by atoms with van der Waals surface area (Å²) in [5.41, 5.74) is 5.26. The van der Waals surface area contributed by atoms with Crippen molar-refractivity contribution >= 4 is 42.4 Å². The van der Waals surface area contributed by atoms with Gasteiger partial charge in [0.25, 0.3) is 0 Å². The van der Waals surface area contributed by atoms with Crippen LogP contribution in [0, 0.1) is 0 Å². The lowest BCUT2D eigenvalue weighted by molar-refractivity contribution is 1.23. The molecule has 0 radical (unpaired) electrons. The third kappa shape index (κ3) is 2.61. The molecule has 0 amide bonds. The van der Waals surface area contributed by atoms with E-state index in [9.17, 15) is 0 Å². The second kappa shape index (κ2) is 6.47. The highest BCUT2D eigenvalue weighted by molar-refractivity contribution is 7.26. The summed E-state index contributed by atoms with van der Waals surface area (Å²) in [4.78, 5) is 13.5. The maximum atomic E-state index is 4.68. The molecular weight excluding hydrogens is 374 g/mol. The summed E-state index contributed by atoms with van der Waals surface area (Å²) in [6.45, 7) is 0. The standard InChI is InChI=1S/C25H15N3S/c1-2-9-23-18(6-1)19-7-3-8-21(25(19)29-23)24-20-11-10-16(13-22(20)27-15-28-24)17-5-4-12-26-14-17/h1-15H. The van der Waals surface area contributed by atoms with Gasteiger partial charge in [-0.2, -0.15) is 0 Å². The zero-order chi connectivity index (χ0) is 19.2. The number of pyridine rings is 1. The van der Waals surface area contributed by atoms with Gasteiger partial charge in [-0.3, -0.25) is 4.98 Å². The molecule has 3 nitrogen and oxygen atoms in total. The lowest BCUT2D eigenvalue weighted by atomic mass is 10.0. The van der Waals surface area contributed by atoms with Crippen molar-refractivity contribution < 1.29 is 0 Å². The molecule has 0 fully saturated rings. The number of hydrogen-bond acceptors (Lipinski definition) is 4. The highest BCUT2D eigenvalue weighted by Gasteiger charge is 2.14. The molecular formula is C25H15N3S. The molecule has 6 rings (SSSR count). The van der Waals surface area contributed by atoms with Crippen molar-refractivity contribution in [2.75, 3.05) is 0 Å². The number of rotatable bonds is 2. The Kier molecular flexibility index (Phi) is 3.64. The van der Waals surface area contributed by atoms with Gasteiger partial charge in [0.1, 0.15) is 6.33 Å². The van der Waals surface area contributed by atoms with Crippen LogP contribution in [0.1, 0.15) is 0 Å². The molecule has 29 heavy (non-hydrogen) atoms. The van der Waals surface area contributed by atoms with Crippen molar-refractivity contribution in [1.82, 2.24) is 15.0 Å². The van der Waals surface area contributed by atoms with E-state index in [0.717, 1.165) is 33.3 Å². The van der Waals surface area contributed by atoms with Crippen molar-refractivity contribution in [2.24, 2.45) is 0 Å². The molecule has 136 valence electrons. The van der Waals surface area contributed by atoms with Crippen LogP contribution in [0.2, 0.25) is 0 Å². The van der Waals surface area contributed by atoms with E-state index < -0.39 is 0 Å². The normalized spacial score (nSPS) is 11.4. The summed E-state index contributed by atoms with van der Waals surface area (Å²) in [6.07, 6.45) is 5.33. The molecule has 0 saturated carbocycles. The molecule has 3 aromatic heterocycles. The van der Waals surface area contributed by atoms with E-state index in [1.807, 2.05) is 23.6 Å². The van der Waals surface area contributed by atoms with E-state index in [1.54, 1.807) is 12.5 Å². The molecule has 3 heterocycles. The predicted molar refractivity (Wildman–Crippen MR) is 121 cm³/mol. The minimum absolute atomic E-state index is 0.939. The van der Waals surface area contributed by atoms with E-state index in [1.165, 1.54) is 20.2 Å². The molecule has 6 aromatic rings. The maximum Gasteiger partial charge on any atom is 0.116 e. The molecule has 0 N–H and O–H groups in total. The van der Waals surface area contributed by atoms with Gasteiger partial charge >= 0.3 is 0 Å². The number of thiophene rings is 1. The second-order valence-electron chi connectivity index (χ2n) is 6.98. The Morgan fingerprint density at radius 1 is 0.690 bits per heavy atom. The van der Waals surface area contributed by atoms with Gasteiger partial charge < -0.3 is 0 Å². The van der Waals surface area contributed by atoms with E-state index in [4.69, 9.17) is 0 Å². The van der Waals surface area contributed by atoms with E-state index in [0.29, 0.717) is 0 Å². The monoisotopic (exact) mass is 389 g/mol. The zero-order valence-electron chi connectivity index (χ0n) is 15.4. The van der Waals surface area contributed by atoms with Crippen LogP contribution >= 0.6 is 11.3 Å². The first kappa shape index (κ1) is 16.3. The molecule has 0 atom stereocenters. The quantitative estimate of drug-likeness (QED) is 0.330. The first-order valence-electron chi connectivity index (χ1n) is 9.44. The van der Waals surface area contributed by atoms with E-state index in [2.05, 4.69) is 81.7 Å². The second-order valence-corrected chi connectivity index (χ2v) is 8.03. The van der Waals surface area contributed by atoms with Crippen LogP contribution < -0.4 is 0 Å². The van der Waals surface area contributed by atoms with Crippen LogP contribution in [0.4, 0.5) is 0 Å². The lowest BCUT2D eigenvalue weighted by Gasteiger charge is -2.08. The van der Waals surface area contributed by atoms with Crippen molar-refractivity contribution in [3.8, 4) is 22.4 Å². The van der Waals surface area contributed by atoms with Crippen molar-refractivity contribution in [1.29, 1.82) is 0 Å². The van der Waals surface area contributed by atoms with Gasteiger partial charge in [-0.25, -0.2) is 9.97 Å². The van der Waals surface area contributed by atoms with E-state index >= 15 is 0 Å². The first-order chi connectivity index (χ1) is 14.4. The zero-order valence-corrected chi connectivity index (χ0v) is 16.2. The Hall–Kier alpha value is -3.63. The van der Waals surface area contributed by atoms with Gasteiger partial charge in [0, 0.05) is 49.1 Å². The van der Waals surface area contributed by atoms with Gasteiger partial charge in [-0.15, -0.1) is 11.3 Å². The Balaban J connectivity index is 1.60. The molecule has 0 aliphatic rings. The highest BCUT2D eigenvalue weighted by Crippen LogP contribution is 2.40. The van der Waals surface area contributed by atoms with Crippen LogP contribution in [0.15, 0.2) is 91.5 Å². The number of fused-ring (bicyclic) bond motifs is 4. The summed E-state index contributed by atoms with van der Waals surface area (Å²) >= 11 is 1.82. The van der Waals surface area contributed by atoms with Gasteiger partial charge in [-0.05, 0) is 29.8 Å². The van der Waals surface area contributed by atoms with Crippen LogP contribution in [-0.2, 0) is 0 Å². The Labute approximate surface area is 171 Å². The number of hydrogen-bond donors (Lipinski definition) is 0. The van der Waals surface area contributed by atoms with Crippen molar-refractivity contribution in [3.05, 3.63) is 91.5 Å². The number of aromatic nitrogens is 3. The highest BCUT2D eigenvalue weighted by atomic mass is 32.1. The van der Waals surface area contributed by atoms with E-state index in [-0.39, 0.29) is 0 Å². The minimum Gasteiger partial charge on any atom is -0.264 e. The van der Waals surface area contributed by atoms with Gasteiger partial charge in [0.2, 0.25) is 0 Å². The molecule has 0 bridgehead atoms. The summed E-state index contributed by atoms with van der Waals surface area (Å²) < 4.78 is 2.57. The largest absolute Gasteiger partial charge is 0.264 e. The summed E-state index contributed by atoms with van der Waals surface area (Å²) in [6, 6.07) is 25.4. The van der Waals surface area contributed by atoms with Crippen LogP contribution in [0.25, 0.3) is 53.5 Å². The fourth-order valence-electron chi connectivity index (χ4n) is 3.92. The molecule has 0 aliphatic heterocycles. The van der Waals surface area contributed by atoms with Crippen LogP contribution in [0.3, 0.4) is 0 Å². The molecule has 3 aromatic carbocycles. The molecule has 0 saturated heterocycles. The lowest BCUT2D eigenvalue weighted by Crippen LogP contribution is -1.90. The molecule has 0 aliphatic carbocycles. The Morgan fingerprint density at radius 3 is 2.55 bits per heavy atom. The first-order valence-corrected chi connectivity index (χ1v) is 10.3. The third-order valence-corrected chi connectivity index (χ3v) is 6.51. The fourth-order valence-corrected chi connectivity index (χ4v) is 5.14. The van der Waals surface area contributed by atoms with Gasteiger partial charge in [0.15, 0.2) is 0 Å². The summed E-state index contributed by atoms with van der Waals surface area (Å²) in [5, 5.41) is 3.64. The molecule has 0 spiro atoms. The minimum atomic E-state index is 0.939. The third-order valence-electron chi connectivity index (χ3n) is 5.29. The number of benzene rings is 3. The number of nitrogens with zero attached hydrogens (tertiary/aromatic N) is 3. The predicted octanol–water partition coefficient (Wildman–Crippen LogP) is 6.73. The fraction of sp³-hybridized carbons (Fsp3) is 0. The van der Waals surface area contributed by atoms with Crippen LogP contribution in [0.5, 0.6) is 0 Å². The van der Waals surface area contributed by atoms with Gasteiger partial charge in [-0.1, -0.05) is 48.5 Å².